The van der Waals surface area contributed by atoms with Gasteiger partial charge in [0.25, 0.3) is 0 Å². The fourth-order valence-corrected chi connectivity index (χ4v) is 4.15. The van der Waals surface area contributed by atoms with E-state index in [9.17, 15) is 8.42 Å². The molecule has 2 heterocycles. The normalized spacial score (nSPS) is 24.5. The van der Waals surface area contributed by atoms with Gasteiger partial charge in [-0.3, -0.25) is 0 Å². The highest BCUT2D eigenvalue weighted by Gasteiger charge is 2.30. The molecule has 0 aromatic carbocycles. The summed E-state index contributed by atoms with van der Waals surface area (Å²) in [6.07, 6.45) is 0. The van der Waals surface area contributed by atoms with Gasteiger partial charge in [0.15, 0.2) is 0 Å². The molecule has 1 aliphatic heterocycles. The molecule has 6 heteroatoms. The lowest BCUT2D eigenvalue weighted by Crippen LogP contribution is -2.39. The fourth-order valence-electron chi connectivity index (χ4n) is 1.58. The van der Waals surface area contributed by atoms with Gasteiger partial charge in [0.2, 0.25) is 10.0 Å². The Bertz CT molecular complexity index is 424. The van der Waals surface area contributed by atoms with Gasteiger partial charge in [-0.25, -0.2) is 13.1 Å². The van der Waals surface area contributed by atoms with Gasteiger partial charge in [0.1, 0.15) is 4.21 Å². The predicted octanol–water partition coefficient (Wildman–Crippen LogP) is 0.691. The quantitative estimate of drug-likeness (QED) is 0.789. The van der Waals surface area contributed by atoms with Crippen molar-refractivity contribution in [3.05, 3.63) is 17.0 Å². The molecule has 14 heavy (non-hydrogen) atoms. The lowest BCUT2D eigenvalue weighted by Gasteiger charge is -2.23. The van der Waals surface area contributed by atoms with Gasteiger partial charge in [-0.15, -0.1) is 11.3 Å². The number of rotatable bonds is 2. The minimum atomic E-state index is -3.22. The van der Waals surface area contributed by atoms with Gasteiger partial charge >= 0.3 is 0 Å². The van der Waals surface area contributed by atoms with E-state index in [0.717, 1.165) is 12.1 Å². The van der Waals surface area contributed by atoms with E-state index in [1.165, 1.54) is 11.3 Å². The van der Waals surface area contributed by atoms with Crippen molar-refractivity contribution in [3.8, 4) is 0 Å². The maximum atomic E-state index is 11.6. The lowest BCUT2D eigenvalue weighted by atomic mass is 10.1. The Labute approximate surface area is 87.4 Å². The minimum absolute atomic E-state index is 0.116. The van der Waals surface area contributed by atoms with Crippen LogP contribution in [0.15, 0.2) is 15.7 Å². The van der Waals surface area contributed by atoms with E-state index in [4.69, 9.17) is 0 Å². The number of nitrogens with one attached hydrogen (secondary N) is 2. The molecule has 0 aliphatic carbocycles. The standard InChI is InChI=1S/C8H12N2O2S2/c1-2-9-7-5-10-14(11,12)8-6(7)3-4-13-8/h3-4,7,9-10H,2,5H2,1H3. The molecule has 0 spiro atoms. The molecular weight excluding hydrogens is 220 g/mol. The molecule has 1 aromatic rings. The van der Waals surface area contributed by atoms with Gasteiger partial charge in [-0.2, -0.15) is 0 Å². The molecule has 0 bridgehead atoms. The van der Waals surface area contributed by atoms with Crippen molar-refractivity contribution < 1.29 is 8.42 Å². The molecule has 2 N–H and O–H groups in total. The fraction of sp³-hybridized carbons (Fsp3) is 0.500. The van der Waals surface area contributed by atoms with Crippen molar-refractivity contribution >= 4 is 21.4 Å². The van der Waals surface area contributed by atoms with E-state index in [-0.39, 0.29) is 6.04 Å². The van der Waals surface area contributed by atoms with E-state index < -0.39 is 10.0 Å². The highest BCUT2D eigenvalue weighted by molar-refractivity contribution is 7.91. The average molecular weight is 232 g/mol. The zero-order valence-electron chi connectivity index (χ0n) is 7.78. The molecule has 78 valence electrons. The first-order valence-electron chi connectivity index (χ1n) is 4.45. The third kappa shape index (κ3) is 1.58. The van der Waals surface area contributed by atoms with Gasteiger partial charge in [0, 0.05) is 18.2 Å². The molecule has 0 saturated carbocycles. The van der Waals surface area contributed by atoms with Crippen molar-refractivity contribution in [3.63, 3.8) is 0 Å². The molecule has 0 amide bonds. The second-order valence-corrected chi connectivity index (χ2v) is 6.00. The Morgan fingerprint density at radius 2 is 2.50 bits per heavy atom. The third-order valence-corrected chi connectivity index (χ3v) is 5.15. The Balaban J connectivity index is 2.42. The van der Waals surface area contributed by atoms with Gasteiger partial charge in [-0.05, 0) is 18.0 Å². The zero-order chi connectivity index (χ0) is 10.2. The average Bonchev–Trinajstić information content (AvgIpc) is 2.60. The summed E-state index contributed by atoms with van der Waals surface area (Å²) >= 11 is 1.27. The van der Waals surface area contributed by atoms with E-state index >= 15 is 0 Å². The summed E-state index contributed by atoms with van der Waals surface area (Å²) in [5.74, 6) is 0. The smallest absolute Gasteiger partial charge is 0.250 e. The van der Waals surface area contributed by atoms with Crippen LogP contribution in [0.1, 0.15) is 18.5 Å². The summed E-state index contributed by atoms with van der Waals surface area (Å²) in [4.78, 5) is 0. The van der Waals surface area contributed by atoms with Crippen LogP contribution in [0.25, 0.3) is 0 Å². The molecule has 1 aliphatic rings. The number of fused-ring (bicyclic) bond motifs is 1. The largest absolute Gasteiger partial charge is 0.309 e. The third-order valence-electron chi connectivity index (χ3n) is 2.21. The van der Waals surface area contributed by atoms with Crippen LogP contribution in [0.4, 0.5) is 0 Å². The Morgan fingerprint density at radius 1 is 1.71 bits per heavy atom. The van der Waals surface area contributed by atoms with E-state index in [1.807, 2.05) is 18.4 Å². The SMILES string of the molecule is CCNC1CNS(=O)(=O)c2sccc21. The van der Waals surface area contributed by atoms with Crippen LogP contribution in [0.2, 0.25) is 0 Å². The van der Waals surface area contributed by atoms with Gasteiger partial charge < -0.3 is 5.32 Å². The number of likely N-dealkylation sites (N-methyl/N-ethyl adjacent to an activating group) is 1. The van der Waals surface area contributed by atoms with Crippen LogP contribution >= 0.6 is 11.3 Å². The van der Waals surface area contributed by atoms with Crippen LogP contribution in [0, 0.1) is 0 Å². The number of thiophene rings is 1. The molecule has 1 aromatic heterocycles. The Morgan fingerprint density at radius 3 is 3.21 bits per heavy atom. The summed E-state index contributed by atoms with van der Waals surface area (Å²) in [7, 11) is -3.22. The maximum Gasteiger partial charge on any atom is 0.250 e. The maximum absolute atomic E-state index is 11.6. The molecular formula is C8H12N2O2S2. The summed E-state index contributed by atoms with van der Waals surface area (Å²) in [6.45, 7) is 3.29. The van der Waals surface area contributed by atoms with Crippen molar-refractivity contribution in [2.45, 2.75) is 17.2 Å². The van der Waals surface area contributed by atoms with E-state index in [1.54, 1.807) is 0 Å². The highest BCUT2D eigenvalue weighted by Crippen LogP contribution is 2.31. The molecule has 4 nitrogen and oxygen atoms in total. The lowest BCUT2D eigenvalue weighted by molar-refractivity contribution is 0.505. The molecule has 0 fully saturated rings. The van der Waals surface area contributed by atoms with Crippen molar-refractivity contribution in [1.29, 1.82) is 0 Å². The topological polar surface area (TPSA) is 58.2 Å². The second kappa shape index (κ2) is 3.62. The van der Waals surface area contributed by atoms with Crippen LogP contribution in [0.5, 0.6) is 0 Å². The molecule has 1 atom stereocenters. The summed E-state index contributed by atoms with van der Waals surface area (Å²) in [5.41, 5.74) is 0.899. The highest BCUT2D eigenvalue weighted by atomic mass is 32.2. The summed E-state index contributed by atoms with van der Waals surface area (Å²) < 4.78 is 26.1. The first-order chi connectivity index (χ1) is 6.65. The number of hydrogen-bond acceptors (Lipinski definition) is 4. The predicted molar refractivity (Wildman–Crippen MR) is 55.9 cm³/mol. The van der Waals surface area contributed by atoms with Crippen LogP contribution in [-0.4, -0.2) is 21.5 Å². The first kappa shape index (κ1) is 10.1. The number of sulfonamides is 1. The molecule has 2 rings (SSSR count). The van der Waals surface area contributed by atoms with Crippen molar-refractivity contribution in [2.75, 3.05) is 13.1 Å². The van der Waals surface area contributed by atoms with Crippen LogP contribution in [-0.2, 0) is 10.0 Å². The van der Waals surface area contributed by atoms with Crippen LogP contribution in [0.3, 0.4) is 0 Å². The van der Waals surface area contributed by atoms with Crippen LogP contribution < -0.4 is 10.0 Å². The van der Waals surface area contributed by atoms with E-state index in [2.05, 4.69) is 10.0 Å². The molecule has 0 saturated heterocycles. The van der Waals surface area contributed by atoms with Gasteiger partial charge in [0.05, 0.1) is 0 Å². The summed E-state index contributed by atoms with van der Waals surface area (Å²) in [5, 5.41) is 5.06. The monoisotopic (exact) mass is 232 g/mol. The van der Waals surface area contributed by atoms with Crippen molar-refractivity contribution in [2.24, 2.45) is 0 Å². The molecule has 1 unspecified atom stereocenters. The number of hydrogen-bond donors (Lipinski definition) is 2. The van der Waals surface area contributed by atoms with Crippen molar-refractivity contribution in [1.82, 2.24) is 10.0 Å². The Hall–Kier alpha value is -0.430. The first-order valence-corrected chi connectivity index (χ1v) is 6.82. The zero-order valence-corrected chi connectivity index (χ0v) is 9.41. The van der Waals surface area contributed by atoms with E-state index in [0.29, 0.717) is 10.8 Å². The van der Waals surface area contributed by atoms with Gasteiger partial charge in [-0.1, -0.05) is 6.92 Å². The minimum Gasteiger partial charge on any atom is -0.309 e. The second-order valence-electron chi connectivity index (χ2n) is 3.13. The molecule has 0 radical (unpaired) electrons. The summed E-state index contributed by atoms with van der Waals surface area (Å²) in [6, 6.07) is 2.00. The Kier molecular flexibility index (Phi) is 2.61.